The molecule has 1 unspecified atom stereocenters. The lowest BCUT2D eigenvalue weighted by molar-refractivity contribution is -0.137. The molecule has 27 heavy (non-hydrogen) atoms. The number of nitrogens with zero attached hydrogens (tertiary/aromatic N) is 1. The summed E-state index contributed by atoms with van der Waals surface area (Å²) in [5, 5.41) is 14.8. The molecule has 1 saturated heterocycles. The summed E-state index contributed by atoms with van der Waals surface area (Å²) >= 11 is 0. The van der Waals surface area contributed by atoms with Crippen LogP contribution < -0.4 is 10.6 Å². The van der Waals surface area contributed by atoms with E-state index in [2.05, 4.69) is 10.6 Å². The number of carbonyl (C=O) groups excluding carboxylic acids is 2. The van der Waals surface area contributed by atoms with Gasteiger partial charge in [0.25, 0.3) is 0 Å². The molecule has 0 bridgehead atoms. The standard InChI is InChI=1S/C20H29N3O4/c1-14(2)21-20(27)23-12-6-9-17(23)19(26)22-16(10-11-18(24)25)13-15-7-4-3-5-8-15/h3-5,7-8,14,16-17H,6,9-13H2,1-2H3,(H,21,27)(H,22,26)(H,24,25)/t16?,17-/m0/s1. The highest BCUT2D eigenvalue weighted by atomic mass is 16.4. The Morgan fingerprint density at radius 3 is 2.52 bits per heavy atom. The number of rotatable bonds is 8. The van der Waals surface area contributed by atoms with Gasteiger partial charge in [0, 0.05) is 25.0 Å². The lowest BCUT2D eigenvalue weighted by atomic mass is 10.0. The van der Waals surface area contributed by atoms with Crippen LogP contribution in [-0.2, 0) is 16.0 Å². The fraction of sp³-hybridized carbons (Fsp3) is 0.550. The van der Waals surface area contributed by atoms with Crippen LogP contribution in [0.15, 0.2) is 30.3 Å². The Kier molecular flexibility index (Phi) is 7.64. The zero-order chi connectivity index (χ0) is 19.8. The fourth-order valence-corrected chi connectivity index (χ4v) is 3.33. The third-order valence-corrected chi connectivity index (χ3v) is 4.61. The molecule has 3 amide bonds. The van der Waals surface area contributed by atoms with Crippen molar-refractivity contribution in [3.63, 3.8) is 0 Å². The topological polar surface area (TPSA) is 98.7 Å². The molecule has 1 heterocycles. The van der Waals surface area contributed by atoms with E-state index in [1.807, 2.05) is 44.2 Å². The molecule has 1 aliphatic rings. The van der Waals surface area contributed by atoms with E-state index in [1.54, 1.807) is 4.90 Å². The van der Waals surface area contributed by atoms with Gasteiger partial charge in [-0.1, -0.05) is 30.3 Å². The Labute approximate surface area is 160 Å². The summed E-state index contributed by atoms with van der Waals surface area (Å²) < 4.78 is 0. The third-order valence-electron chi connectivity index (χ3n) is 4.61. The number of carboxylic acid groups (broad SMARTS) is 1. The van der Waals surface area contributed by atoms with Crippen molar-refractivity contribution in [1.82, 2.24) is 15.5 Å². The van der Waals surface area contributed by atoms with E-state index in [4.69, 9.17) is 5.11 Å². The van der Waals surface area contributed by atoms with Gasteiger partial charge in [0.2, 0.25) is 5.91 Å². The number of benzene rings is 1. The molecule has 0 aliphatic carbocycles. The number of likely N-dealkylation sites (tertiary alicyclic amines) is 1. The summed E-state index contributed by atoms with van der Waals surface area (Å²) in [6.45, 7) is 4.31. The van der Waals surface area contributed by atoms with Gasteiger partial charge in [-0.3, -0.25) is 9.59 Å². The number of aliphatic carboxylic acids is 1. The first-order chi connectivity index (χ1) is 12.9. The quantitative estimate of drug-likeness (QED) is 0.648. The predicted molar refractivity (Wildman–Crippen MR) is 102 cm³/mol. The monoisotopic (exact) mass is 375 g/mol. The maximum atomic E-state index is 12.8. The van der Waals surface area contributed by atoms with Crippen LogP contribution in [0.2, 0.25) is 0 Å². The van der Waals surface area contributed by atoms with Gasteiger partial charge < -0.3 is 20.6 Å². The second kappa shape index (κ2) is 9.94. The van der Waals surface area contributed by atoms with Crippen LogP contribution in [0.25, 0.3) is 0 Å². The summed E-state index contributed by atoms with van der Waals surface area (Å²) in [4.78, 5) is 37.7. The van der Waals surface area contributed by atoms with Crippen molar-refractivity contribution in [3.05, 3.63) is 35.9 Å². The molecule has 0 spiro atoms. The van der Waals surface area contributed by atoms with E-state index in [0.29, 0.717) is 25.8 Å². The first-order valence-electron chi connectivity index (χ1n) is 9.50. The van der Waals surface area contributed by atoms with Gasteiger partial charge in [-0.05, 0) is 45.1 Å². The summed E-state index contributed by atoms with van der Waals surface area (Å²) in [7, 11) is 0. The molecule has 0 saturated carbocycles. The molecular weight excluding hydrogens is 346 g/mol. The van der Waals surface area contributed by atoms with E-state index in [0.717, 1.165) is 12.0 Å². The molecule has 1 aliphatic heterocycles. The number of hydrogen-bond acceptors (Lipinski definition) is 3. The molecule has 2 atom stereocenters. The molecule has 3 N–H and O–H groups in total. The lowest BCUT2D eigenvalue weighted by Gasteiger charge is -2.27. The average Bonchev–Trinajstić information content (AvgIpc) is 3.10. The summed E-state index contributed by atoms with van der Waals surface area (Å²) in [5.74, 6) is -1.10. The number of hydrogen-bond donors (Lipinski definition) is 3. The van der Waals surface area contributed by atoms with Crippen LogP contribution >= 0.6 is 0 Å². The SMILES string of the molecule is CC(C)NC(=O)N1CCC[C@H]1C(=O)NC(CCC(=O)O)Cc1ccccc1. The number of amides is 3. The van der Waals surface area contributed by atoms with E-state index >= 15 is 0 Å². The van der Waals surface area contributed by atoms with E-state index in [9.17, 15) is 14.4 Å². The van der Waals surface area contributed by atoms with Crippen LogP contribution in [0, 0.1) is 0 Å². The van der Waals surface area contributed by atoms with Gasteiger partial charge in [0.05, 0.1) is 0 Å². The van der Waals surface area contributed by atoms with Crippen LogP contribution in [0.5, 0.6) is 0 Å². The van der Waals surface area contributed by atoms with Crippen LogP contribution in [0.4, 0.5) is 4.79 Å². The lowest BCUT2D eigenvalue weighted by Crippen LogP contribution is -2.52. The van der Waals surface area contributed by atoms with Gasteiger partial charge in [-0.25, -0.2) is 4.79 Å². The molecule has 7 nitrogen and oxygen atoms in total. The van der Waals surface area contributed by atoms with Gasteiger partial charge in [-0.2, -0.15) is 0 Å². The molecular formula is C20H29N3O4. The molecule has 1 aromatic rings. The van der Waals surface area contributed by atoms with Gasteiger partial charge in [0.15, 0.2) is 0 Å². The molecule has 0 radical (unpaired) electrons. The van der Waals surface area contributed by atoms with Crippen molar-refractivity contribution >= 4 is 17.9 Å². The maximum absolute atomic E-state index is 12.8. The van der Waals surface area contributed by atoms with Gasteiger partial charge >= 0.3 is 12.0 Å². The van der Waals surface area contributed by atoms with Crippen LogP contribution in [-0.4, -0.2) is 52.6 Å². The minimum atomic E-state index is -0.888. The highest BCUT2D eigenvalue weighted by molar-refractivity contribution is 5.88. The zero-order valence-corrected chi connectivity index (χ0v) is 16.0. The Bertz CT molecular complexity index is 648. The summed E-state index contributed by atoms with van der Waals surface area (Å²) in [6, 6.07) is 8.64. The highest BCUT2D eigenvalue weighted by Gasteiger charge is 2.35. The fourth-order valence-electron chi connectivity index (χ4n) is 3.33. The average molecular weight is 375 g/mol. The van der Waals surface area contributed by atoms with Crippen molar-refractivity contribution < 1.29 is 19.5 Å². The zero-order valence-electron chi connectivity index (χ0n) is 16.0. The smallest absolute Gasteiger partial charge is 0.318 e. The van der Waals surface area contributed by atoms with Crippen molar-refractivity contribution in [1.29, 1.82) is 0 Å². The third kappa shape index (κ3) is 6.58. The highest BCUT2D eigenvalue weighted by Crippen LogP contribution is 2.18. The number of carbonyl (C=O) groups is 3. The Balaban J connectivity index is 2.02. The van der Waals surface area contributed by atoms with Crippen LogP contribution in [0.1, 0.15) is 45.1 Å². The van der Waals surface area contributed by atoms with Gasteiger partial charge in [0.1, 0.15) is 6.04 Å². The van der Waals surface area contributed by atoms with E-state index in [1.165, 1.54) is 0 Å². The van der Waals surface area contributed by atoms with Crippen molar-refractivity contribution in [2.24, 2.45) is 0 Å². The Hall–Kier alpha value is -2.57. The molecule has 1 aromatic carbocycles. The molecule has 1 fully saturated rings. The molecule has 0 aromatic heterocycles. The number of carboxylic acids is 1. The van der Waals surface area contributed by atoms with Crippen molar-refractivity contribution in [3.8, 4) is 0 Å². The number of nitrogens with one attached hydrogen (secondary N) is 2. The van der Waals surface area contributed by atoms with Gasteiger partial charge in [-0.15, -0.1) is 0 Å². The normalized spacial score (nSPS) is 17.6. The van der Waals surface area contributed by atoms with Crippen molar-refractivity contribution in [2.45, 2.75) is 64.1 Å². The Morgan fingerprint density at radius 1 is 1.19 bits per heavy atom. The minimum absolute atomic E-state index is 0.00297. The largest absolute Gasteiger partial charge is 0.481 e. The predicted octanol–water partition coefficient (Wildman–Crippen LogP) is 2.16. The summed E-state index contributed by atoms with van der Waals surface area (Å²) in [5.41, 5.74) is 1.04. The summed E-state index contributed by atoms with van der Waals surface area (Å²) in [6.07, 6.45) is 2.29. The second-order valence-corrected chi connectivity index (χ2v) is 7.28. The van der Waals surface area contributed by atoms with Crippen molar-refractivity contribution in [2.75, 3.05) is 6.54 Å². The minimum Gasteiger partial charge on any atom is -0.481 e. The molecule has 2 rings (SSSR count). The first-order valence-corrected chi connectivity index (χ1v) is 9.50. The van der Waals surface area contributed by atoms with E-state index in [-0.39, 0.29) is 30.4 Å². The second-order valence-electron chi connectivity index (χ2n) is 7.28. The molecule has 148 valence electrons. The maximum Gasteiger partial charge on any atom is 0.318 e. The number of urea groups is 1. The Morgan fingerprint density at radius 2 is 1.89 bits per heavy atom. The van der Waals surface area contributed by atoms with E-state index < -0.39 is 12.0 Å². The first kappa shape index (κ1) is 20.7. The molecule has 7 heteroatoms. The van der Waals surface area contributed by atoms with Crippen LogP contribution in [0.3, 0.4) is 0 Å².